The molecule has 1 atom stereocenters. The molecular weight excluding hydrogens is 402 g/mol. The summed E-state index contributed by atoms with van der Waals surface area (Å²) >= 11 is 0. The van der Waals surface area contributed by atoms with Crippen molar-refractivity contribution < 1.29 is 14.1 Å². The maximum absolute atomic E-state index is 13.0. The maximum Gasteiger partial charge on any atom is 0.274 e. The van der Waals surface area contributed by atoms with Gasteiger partial charge in [-0.25, -0.2) is 0 Å². The number of hydrogen-bond donors (Lipinski definition) is 1. The molecule has 32 heavy (non-hydrogen) atoms. The minimum absolute atomic E-state index is 0.189. The summed E-state index contributed by atoms with van der Waals surface area (Å²) in [5, 5.41) is 7.01. The first-order valence-electron chi connectivity index (χ1n) is 10.6. The lowest BCUT2D eigenvalue weighted by molar-refractivity contribution is 0.0928. The Kier molecular flexibility index (Phi) is 6.12. The molecule has 2 aromatic carbocycles. The minimum atomic E-state index is -0.289. The molecule has 1 N–H and O–H groups in total. The number of aromatic nitrogens is 2. The van der Waals surface area contributed by atoms with Crippen molar-refractivity contribution in [3.8, 4) is 11.4 Å². The summed E-state index contributed by atoms with van der Waals surface area (Å²) in [4.78, 5) is 13.0. The Bertz CT molecular complexity index is 1210. The summed E-state index contributed by atoms with van der Waals surface area (Å²) in [7, 11) is 0. The molecule has 0 saturated carbocycles. The van der Waals surface area contributed by atoms with Crippen molar-refractivity contribution in [2.45, 2.75) is 40.3 Å². The van der Waals surface area contributed by atoms with Crippen LogP contribution in [-0.4, -0.2) is 15.6 Å². The third-order valence-corrected chi connectivity index (χ3v) is 5.56. The van der Waals surface area contributed by atoms with Gasteiger partial charge in [0.05, 0.1) is 11.6 Å². The second-order valence-electron chi connectivity index (χ2n) is 8.00. The van der Waals surface area contributed by atoms with Crippen LogP contribution in [0.25, 0.3) is 5.69 Å². The molecule has 1 amide bonds. The van der Waals surface area contributed by atoms with Crippen LogP contribution in [0.4, 0.5) is 0 Å². The maximum atomic E-state index is 13.0. The normalized spacial score (nSPS) is 11.9. The highest BCUT2D eigenvalue weighted by Gasteiger charge is 2.22. The zero-order chi connectivity index (χ0) is 22.7. The van der Waals surface area contributed by atoms with Crippen LogP contribution in [0.2, 0.25) is 0 Å². The number of aryl methyl sites for hydroxylation is 3. The number of ether oxygens (including phenoxy) is 1. The monoisotopic (exact) mass is 429 g/mol. The van der Waals surface area contributed by atoms with Gasteiger partial charge in [0.25, 0.3) is 5.91 Å². The molecule has 4 rings (SSSR count). The van der Waals surface area contributed by atoms with Gasteiger partial charge >= 0.3 is 0 Å². The molecule has 6 nitrogen and oxygen atoms in total. The Morgan fingerprint density at radius 1 is 1.09 bits per heavy atom. The number of carbonyl (C=O) groups is 1. The minimum Gasteiger partial charge on any atom is -0.488 e. The van der Waals surface area contributed by atoms with E-state index in [1.807, 2.05) is 92.3 Å². The van der Waals surface area contributed by atoms with E-state index in [4.69, 9.17) is 9.26 Å². The number of rotatable bonds is 7. The highest BCUT2D eigenvalue weighted by molar-refractivity contribution is 5.94. The molecule has 0 aliphatic rings. The van der Waals surface area contributed by atoms with Gasteiger partial charge in [-0.05, 0) is 74.7 Å². The van der Waals surface area contributed by atoms with Crippen molar-refractivity contribution in [2.24, 2.45) is 0 Å². The molecule has 6 heteroatoms. The average Bonchev–Trinajstić information content (AvgIpc) is 3.44. The van der Waals surface area contributed by atoms with Crippen molar-refractivity contribution in [1.82, 2.24) is 15.0 Å². The summed E-state index contributed by atoms with van der Waals surface area (Å²) in [6.07, 6.45) is 3.99. The van der Waals surface area contributed by atoms with Gasteiger partial charge in [0.2, 0.25) is 0 Å². The first-order valence-corrected chi connectivity index (χ1v) is 10.6. The van der Waals surface area contributed by atoms with E-state index in [0.717, 1.165) is 28.1 Å². The van der Waals surface area contributed by atoms with Crippen molar-refractivity contribution >= 4 is 5.91 Å². The fourth-order valence-corrected chi connectivity index (χ4v) is 3.54. The third kappa shape index (κ3) is 4.59. The van der Waals surface area contributed by atoms with Crippen LogP contribution in [0, 0.1) is 20.8 Å². The van der Waals surface area contributed by atoms with Crippen molar-refractivity contribution in [2.75, 3.05) is 0 Å². The van der Waals surface area contributed by atoms with E-state index in [1.54, 1.807) is 6.92 Å². The van der Waals surface area contributed by atoms with Gasteiger partial charge in [0, 0.05) is 18.1 Å². The fraction of sp³-hybridized carbons (Fsp3) is 0.231. The lowest BCUT2D eigenvalue weighted by Gasteiger charge is -2.15. The fourth-order valence-electron chi connectivity index (χ4n) is 3.54. The molecule has 0 fully saturated rings. The number of benzene rings is 2. The van der Waals surface area contributed by atoms with Crippen LogP contribution in [0.15, 0.2) is 71.5 Å². The number of nitrogens with one attached hydrogen (secondary N) is 1. The van der Waals surface area contributed by atoms with Gasteiger partial charge in [-0.3, -0.25) is 4.79 Å². The van der Waals surface area contributed by atoms with E-state index >= 15 is 0 Å². The summed E-state index contributed by atoms with van der Waals surface area (Å²) in [6, 6.07) is 17.9. The lowest BCUT2D eigenvalue weighted by Crippen LogP contribution is -2.28. The molecule has 0 bridgehead atoms. The molecular formula is C26H27N3O3. The van der Waals surface area contributed by atoms with E-state index in [1.165, 1.54) is 0 Å². The van der Waals surface area contributed by atoms with Gasteiger partial charge in [0.1, 0.15) is 18.1 Å². The van der Waals surface area contributed by atoms with Crippen LogP contribution < -0.4 is 10.1 Å². The molecule has 0 radical (unpaired) electrons. The average molecular weight is 430 g/mol. The molecule has 1 unspecified atom stereocenters. The Balaban J connectivity index is 1.45. The van der Waals surface area contributed by atoms with Crippen LogP contribution in [-0.2, 0) is 6.61 Å². The smallest absolute Gasteiger partial charge is 0.274 e. The van der Waals surface area contributed by atoms with Gasteiger partial charge in [-0.15, -0.1) is 0 Å². The van der Waals surface area contributed by atoms with E-state index < -0.39 is 0 Å². The lowest BCUT2D eigenvalue weighted by atomic mass is 10.1. The zero-order valence-electron chi connectivity index (χ0n) is 18.8. The predicted octanol–water partition coefficient (Wildman–Crippen LogP) is 5.46. The quantitative estimate of drug-likeness (QED) is 0.423. The summed E-state index contributed by atoms with van der Waals surface area (Å²) in [5.74, 6) is 1.07. The van der Waals surface area contributed by atoms with Gasteiger partial charge < -0.3 is 19.1 Å². The van der Waals surface area contributed by atoms with Gasteiger partial charge in [0.15, 0.2) is 5.69 Å². The van der Waals surface area contributed by atoms with E-state index in [9.17, 15) is 4.79 Å². The molecule has 4 aromatic rings. The zero-order valence-corrected chi connectivity index (χ0v) is 18.8. The standard InChI is InChI=1S/C26H27N3O3/c1-17-7-8-18(2)24(15-17)31-16-23-20(4)32-28-25(23)26(30)27-19(3)21-9-11-22(12-10-21)29-13-5-6-14-29/h5-15,19H,16H2,1-4H3,(H,27,30). The number of hydrogen-bond acceptors (Lipinski definition) is 4. The molecule has 0 saturated heterocycles. The van der Waals surface area contributed by atoms with Crippen LogP contribution >= 0.6 is 0 Å². The number of nitrogens with zero attached hydrogens (tertiary/aromatic N) is 2. The first-order chi connectivity index (χ1) is 15.4. The van der Waals surface area contributed by atoms with Crippen LogP contribution in [0.1, 0.15) is 51.5 Å². The molecule has 0 aliphatic carbocycles. The number of amides is 1. The van der Waals surface area contributed by atoms with E-state index in [0.29, 0.717) is 11.3 Å². The van der Waals surface area contributed by atoms with Gasteiger partial charge in [-0.2, -0.15) is 0 Å². The van der Waals surface area contributed by atoms with Crippen molar-refractivity contribution in [1.29, 1.82) is 0 Å². The topological polar surface area (TPSA) is 69.3 Å². The van der Waals surface area contributed by atoms with E-state index in [2.05, 4.69) is 10.5 Å². The van der Waals surface area contributed by atoms with Crippen LogP contribution in [0.3, 0.4) is 0 Å². The SMILES string of the molecule is Cc1ccc(C)c(OCc2c(C(=O)NC(C)c3ccc(-n4cccc4)cc3)noc2C)c1. The van der Waals surface area contributed by atoms with Crippen molar-refractivity contribution in [3.05, 3.63) is 101 Å². The Labute approximate surface area is 187 Å². The molecule has 0 spiro atoms. The third-order valence-electron chi connectivity index (χ3n) is 5.56. The summed E-state index contributed by atoms with van der Waals surface area (Å²) in [6.45, 7) is 7.95. The second kappa shape index (κ2) is 9.14. The predicted molar refractivity (Wildman–Crippen MR) is 123 cm³/mol. The molecule has 2 aromatic heterocycles. The highest BCUT2D eigenvalue weighted by atomic mass is 16.5. The Hall–Kier alpha value is -3.80. The highest BCUT2D eigenvalue weighted by Crippen LogP contribution is 2.23. The van der Waals surface area contributed by atoms with Crippen molar-refractivity contribution in [3.63, 3.8) is 0 Å². The number of carbonyl (C=O) groups excluding carboxylic acids is 1. The van der Waals surface area contributed by atoms with Crippen LogP contribution in [0.5, 0.6) is 5.75 Å². The summed E-state index contributed by atoms with van der Waals surface area (Å²) in [5.41, 5.74) is 5.12. The van der Waals surface area contributed by atoms with E-state index in [-0.39, 0.29) is 24.2 Å². The Morgan fingerprint density at radius 3 is 2.53 bits per heavy atom. The molecule has 0 aliphatic heterocycles. The first kappa shape index (κ1) is 21.4. The molecule has 2 heterocycles. The molecule has 164 valence electrons. The summed E-state index contributed by atoms with van der Waals surface area (Å²) < 4.78 is 13.3. The van der Waals surface area contributed by atoms with Gasteiger partial charge in [-0.1, -0.05) is 29.4 Å². The second-order valence-corrected chi connectivity index (χ2v) is 8.00. The Morgan fingerprint density at radius 2 is 1.81 bits per heavy atom. The largest absolute Gasteiger partial charge is 0.488 e.